The first-order valence-corrected chi connectivity index (χ1v) is 7.99. The minimum atomic E-state index is 0.359. The SMILES string of the molecule is CCCN(CC)C(CN)c1ccc2c(c1)CCCN2C. The first-order chi connectivity index (χ1) is 9.71. The Balaban J connectivity index is 2.26. The van der Waals surface area contributed by atoms with Crippen LogP contribution in [0.4, 0.5) is 5.69 Å². The van der Waals surface area contributed by atoms with Crippen LogP contribution in [0.2, 0.25) is 0 Å². The molecule has 0 amide bonds. The van der Waals surface area contributed by atoms with E-state index < -0.39 is 0 Å². The Morgan fingerprint density at radius 2 is 2.15 bits per heavy atom. The summed E-state index contributed by atoms with van der Waals surface area (Å²) in [6, 6.07) is 7.31. The lowest BCUT2D eigenvalue weighted by molar-refractivity contribution is 0.212. The Labute approximate surface area is 123 Å². The third kappa shape index (κ3) is 3.15. The summed E-state index contributed by atoms with van der Waals surface area (Å²) in [6.45, 7) is 8.51. The van der Waals surface area contributed by atoms with Crippen LogP contribution < -0.4 is 10.6 Å². The van der Waals surface area contributed by atoms with E-state index in [4.69, 9.17) is 5.73 Å². The van der Waals surface area contributed by atoms with Gasteiger partial charge in [-0.3, -0.25) is 4.90 Å². The predicted octanol–water partition coefficient (Wildman–Crippen LogP) is 2.80. The van der Waals surface area contributed by atoms with E-state index in [1.165, 1.54) is 42.6 Å². The normalized spacial score (nSPS) is 16.4. The highest BCUT2D eigenvalue weighted by atomic mass is 15.2. The number of hydrogen-bond acceptors (Lipinski definition) is 3. The van der Waals surface area contributed by atoms with Crippen molar-refractivity contribution in [2.75, 3.05) is 38.1 Å². The first-order valence-electron chi connectivity index (χ1n) is 7.99. The smallest absolute Gasteiger partial charge is 0.0470 e. The van der Waals surface area contributed by atoms with Gasteiger partial charge in [-0.05, 0) is 49.5 Å². The summed E-state index contributed by atoms with van der Waals surface area (Å²) in [4.78, 5) is 4.86. The molecule has 1 atom stereocenters. The molecule has 1 heterocycles. The summed E-state index contributed by atoms with van der Waals surface area (Å²) in [5.74, 6) is 0. The highest BCUT2D eigenvalue weighted by Gasteiger charge is 2.20. The maximum Gasteiger partial charge on any atom is 0.0470 e. The van der Waals surface area contributed by atoms with Crippen LogP contribution in [0.1, 0.15) is 43.9 Å². The van der Waals surface area contributed by atoms with Crippen molar-refractivity contribution in [3.63, 3.8) is 0 Å². The number of nitrogens with zero attached hydrogens (tertiary/aromatic N) is 2. The molecule has 0 saturated heterocycles. The summed E-state index contributed by atoms with van der Waals surface area (Å²) >= 11 is 0. The van der Waals surface area contributed by atoms with E-state index in [-0.39, 0.29) is 0 Å². The molecule has 0 aliphatic carbocycles. The molecule has 0 fully saturated rings. The molecule has 1 unspecified atom stereocenters. The number of nitrogens with two attached hydrogens (primary N) is 1. The molecule has 3 nitrogen and oxygen atoms in total. The Morgan fingerprint density at radius 3 is 2.80 bits per heavy atom. The predicted molar refractivity (Wildman–Crippen MR) is 87.4 cm³/mol. The van der Waals surface area contributed by atoms with Crippen molar-refractivity contribution >= 4 is 5.69 Å². The monoisotopic (exact) mass is 275 g/mol. The highest BCUT2D eigenvalue weighted by Crippen LogP contribution is 2.30. The van der Waals surface area contributed by atoms with Crippen LogP contribution in [-0.2, 0) is 6.42 Å². The number of fused-ring (bicyclic) bond motifs is 1. The minimum Gasteiger partial charge on any atom is -0.374 e. The topological polar surface area (TPSA) is 32.5 Å². The maximum atomic E-state index is 6.06. The van der Waals surface area contributed by atoms with Gasteiger partial charge < -0.3 is 10.6 Å². The van der Waals surface area contributed by atoms with Crippen molar-refractivity contribution in [1.82, 2.24) is 4.90 Å². The van der Waals surface area contributed by atoms with E-state index in [0.29, 0.717) is 12.6 Å². The van der Waals surface area contributed by atoms with Crippen LogP contribution in [0.5, 0.6) is 0 Å². The van der Waals surface area contributed by atoms with Gasteiger partial charge in [-0.2, -0.15) is 0 Å². The molecule has 1 aliphatic heterocycles. The van der Waals surface area contributed by atoms with Crippen LogP contribution in [-0.4, -0.2) is 38.1 Å². The first kappa shape index (κ1) is 15.3. The van der Waals surface area contributed by atoms with Crippen LogP contribution in [0.3, 0.4) is 0 Å². The molecule has 112 valence electrons. The van der Waals surface area contributed by atoms with Gasteiger partial charge in [-0.15, -0.1) is 0 Å². The van der Waals surface area contributed by atoms with Gasteiger partial charge in [0.05, 0.1) is 0 Å². The molecule has 1 aliphatic rings. The summed E-state index contributed by atoms with van der Waals surface area (Å²) in [5, 5.41) is 0. The number of hydrogen-bond donors (Lipinski definition) is 1. The largest absolute Gasteiger partial charge is 0.374 e. The molecule has 2 N–H and O–H groups in total. The Bertz CT molecular complexity index is 430. The van der Waals surface area contributed by atoms with Crippen LogP contribution in [0.25, 0.3) is 0 Å². The van der Waals surface area contributed by atoms with E-state index in [2.05, 4.69) is 48.9 Å². The Hall–Kier alpha value is -1.06. The molecule has 1 aromatic rings. The zero-order valence-corrected chi connectivity index (χ0v) is 13.2. The van der Waals surface area contributed by atoms with Crippen molar-refractivity contribution in [2.24, 2.45) is 5.73 Å². The second kappa shape index (κ2) is 7.09. The van der Waals surface area contributed by atoms with Gasteiger partial charge in [-0.25, -0.2) is 0 Å². The number of rotatable bonds is 6. The number of benzene rings is 1. The zero-order chi connectivity index (χ0) is 14.5. The average molecular weight is 275 g/mol. The lowest BCUT2D eigenvalue weighted by Gasteiger charge is -2.32. The molecule has 0 radical (unpaired) electrons. The number of likely N-dealkylation sites (N-methyl/N-ethyl adjacent to an activating group) is 1. The molecule has 0 saturated carbocycles. The van der Waals surface area contributed by atoms with E-state index in [1.807, 2.05) is 0 Å². The van der Waals surface area contributed by atoms with Gasteiger partial charge in [-0.1, -0.05) is 26.0 Å². The lowest BCUT2D eigenvalue weighted by Crippen LogP contribution is -2.34. The van der Waals surface area contributed by atoms with E-state index in [9.17, 15) is 0 Å². The summed E-state index contributed by atoms with van der Waals surface area (Å²) < 4.78 is 0. The van der Waals surface area contributed by atoms with Gasteiger partial charge in [0.15, 0.2) is 0 Å². The van der Waals surface area contributed by atoms with Crippen molar-refractivity contribution in [3.05, 3.63) is 29.3 Å². The van der Waals surface area contributed by atoms with Crippen molar-refractivity contribution in [3.8, 4) is 0 Å². The van der Waals surface area contributed by atoms with Crippen molar-refractivity contribution < 1.29 is 0 Å². The molecule has 0 aromatic heterocycles. The lowest BCUT2D eigenvalue weighted by atomic mass is 9.96. The zero-order valence-electron chi connectivity index (χ0n) is 13.2. The Kier molecular flexibility index (Phi) is 5.44. The molecule has 0 bridgehead atoms. The highest BCUT2D eigenvalue weighted by molar-refractivity contribution is 5.56. The Morgan fingerprint density at radius 1 is 1.35 bits per heavy atom. The van der Waals surface area contributed by atoms with Gasteiger partial charge in [0.25, 0.3) is 0 Å². The van der Waals surface area contributed by atoms with Crippen molar-refractivity contribution in [1.29, 1.82) is 0 Å². The van der Waals surface area contributed by atoms with E-state index in [0.717, 1.165) is 13.1 Å². The molecule has 1 aromatic carbocycles. The second-order valence-corrected chi connectivity index (χ2v) is 5.79. The molecule has 20 heavy (non-hydrogen) atoms. The van der Waals surface area contributed by atoms with E-state index >= 15 is 0 Å². The fraction of sp³-hybridized carbons (Fsp3) is 0.647. The summed E-state index contributed by atoms with van der Waals surface area (Å²) in [5.41, 5.74) is 10.3. The summed E-state index contributed by atoms with van der Waals surface area (Å²) in [7, 11) is 2.19. The fourth-order valence-corrected chi connectivity index (χ4v) is 3.33. The van der Waals surface area contributed by atoms with Crippen LogP contribution >= 0.6 is 0 Å². The minimum absolute atomic E-state index is 0.359. The average Bonchev–Trinajstić information content (AvgIpc) is 2.47. The molecule has 3 heteroatoms. The fourth-order valence-electron chi connectivity index (χ4n) is 3.33. The summed E-state index contributed by atoms with van der Waals surface area (Å²) in [6.07, 6.45) is 3.63. The number of anilines is 1. The third-order valence-corrected chi connectivity index (χ3v) is 4.42. The van der Waals surface area contributed by atoms with Gasteiger partial charge >= 0.3 is 0 Å². The molecule has 0 spiro atoms. The van der Waals surface area contributed by atoms with Gasteiger partial charge in [0.1, 0.15) is 0 Å². The third-order valence-electron chi connectivity index (χ3n) is 4.42. The van der Waals surface area contributed by atoms with Gasteiger partial charge in [0.2, 0.25) is 0 Å². The molecular formula is C17H29N3. The molecular weight excluding hydrogens is 246 g/mol. The van der Waals surface area contributed by atoms with Crippen molar-refractivity contribution in [2.45, 2.75) is 39.2 Å². The van der Waals surface area contributed by atoms with Crippen LogP contribution in [0, 0.1) is 0 Å². The molecule has 2 rings (SSSR count). The quantitative estimate of drug-likeness (QED) is 0.866. The second-order valence-electron chi connectivity index (χ2n) is 5.79. The maximum absolute atomic E-state index is 6.06. The van der Waals surface area contributed by atoms with E-state index in [1.54, 1.807) is 0 Å². The van der Waals surface area contributed by atoms with Crippen LogP contribution in [0.15, 0.2) is 18.2 Å². The van der Waals surface area contributed by atoms with Gasteiger partial charge in [0, 0.05) is 31.9 Å². The number of aryl methyl sites for hydroxylation is 1. The standard InChI is InChI=1S/C17H29N3/c1-4-10-20(5-2)17(13-18)15-8-9-16-14(12-15)7-6-11-19(16)3/h8-9,12,17H,4-7,10-11,13,18H2,1-3H3.